The summed E-state index contributed by atoms with van der Waals surface area (Å²) in [6.45, 7) is 4.15. The molecular formula is C12H14ClN. The van der Waals surface area contributed by atoms with E-state index in [1.807, 2.05) is 24.3 Å². The van der Waals surface area contributed by atoms with Crippen LogP contribution in [0.1, 0.15) is 19.4 Å². The van der Waals surface area contributed by atoms with Gasteiger partial charge in [-0.3, -0.25) is 0 Å². The highest BCUT2D eigenvalue weighted by atomic mass is 35.5. The molecule has 74 valence electrons. The van der Waals surface area contributed by atoms with Crippen molar-refractivity contribution in [2.45, 2.75) is 20.3 Å². The van der Waals surface area contributed by atoms with E-state index in [2.05, 4.69) is 19.9 Å². The van der Waals surface area contributed by atoms with E-state index in [0.29, 0.717) is 5.92 Å². The molecule has 0 bridgehead atoms. The second kappa shape index (κ2) is 5.02. The summed E-state index contributed by atoms with van der Waals surface area (Å²) in [6, 6.07) is 10.0. The van der Waals surface area contributed by atoms with Gasteiger partial charge in [0.05, 0.1) is 12.0 Å². The summed E-state index contributed by atoms with van der Waals surface area (Å²) in [5.41, 5.74) is 1.18. The zero-order valence-electron chi connectivity index (χ0n) is 8.50. The summed E-state index contributed by atoms with van der Waals surface area (Å²) < 4.78 is 0. The van der Waals surface area contributed by atoms with Crippen LogP contribution >= 0.6 is 11.6 Å². The standard InChI is InChI=1S/C12H14ClN/c1-9(2)11(8-14)7-10-3-5-12(13)6-4-10/h3-6,9,11H,7H2,1-2H3. The minimum absolute atomic E-state index is 0.0937. The van der Waals surface area contributed by atoms with Gasteiger partial charge in [-0.2, -0.15) is 5.26 Å². The Bertz CT molecular complexity index is 321. The molecule has 1 nitrogen and oxygen atoms in total. The molecule has 0 aliphatic carbocycles. The van der Waals surface area contributed by atoms with E-state index in [9.17, 15) is 0 Å². The summed E-state index contributed by atoms with van der Waals surface area (Å²) in [5.74, 6) is 0.492. The zero-order chi connectivity index (χ0) is 10.6. The smallest absolute Gasteiger partial charge is 0.0661 e. The van der Waals surface area contributed by atoms with Crippen LogP contribution in [0.15, 0.2) is 24.3 Å². The molecule has 0 aliphatic heterocycles. The average molecular weight is 208 g/mol. The summed E-state index contributed by atoms with van der Waals surface area (Å²) in [4.78, 5) is 0. The molecule has 1 atom stereocenters. The molecule has 1 unspecified atom stereocenters. The minimum Gasteiger partial charge on any atom is -0.198 e. The third-order valence-electron chi connectivity index (χ3n) is 2.34. The molecule has 1 aromatic carbocycles. The lowest BCUT2D eigenvalue weighted by Gasteiger charge is -2.12. The molecule has 0 saturated carbocycles. The van der Waals surface area contributed by atoms with Crippen molar-refractivity contribution in [1.29, 1.82) is 5.26 Å². The summed E-state index contributed by atoms with van der Waals surface area (Å²) in [7, 11) is 0. The van der Waals surface area contributed by atoms with Crippen LogP contribution in [0.3, 0.4) is 0 Å². The van der Waals surface area contributed by atoms with Crippen molar-refractivity contribution in [2.24, 2.45) is 11.8 Å². The molecule has 0 radical (unpaired) electrons. The van der Waals surface area contributed by atoms with Gasteiger partial charge in [0.1, 0.15) is 0 Å². The fraction of sp³-hybridized carbons (Fsp3) is 0.417. The first-order chi connectivity index (χ1) is 6.63. The highest BCUT2D eigenvalue weighted by Gasteiger charge is 2.12. The third kappa shape index (κ3) is 3.05. The summed E-state index contributed by atoms with van der Waals surface area (Å²) in [6.07, 6.45) is 0.811. The Kier molecular flexibility index (Phi) is 3.98. The average Bonchev–Trinajstić information content (AvgIpc) is 2.16. The first-order valence-electron chi connectivity index (χ1n) is 4.77. The Hall–Kier alpha value is -1.00. The number of hydrogen-bond acceptors (Lipinski definition) is 1. The van der Waals surface area contributed by atoms with Crippen LogP contribution in [0.5, 0.6) is 0 Å². The maximum atomic E-state index is 8.94. The molecule has 0 spiro atoms. The van der Waals surface area contributed by atoms with Crippen molar-refractivity contribution in [3.63, 3.8) is 0 Å². The lowest BCUT2D eigenvalue weighted by atomic mass is 9.91. The second-order valence-electron chi connectivity index (χ2n) is 3.81. The van der Waals surface area contributed by atoms with Gasteiger partial charge >= 0.3 is 0 Å². The first-order valence-corrected chi connectivity index (χ1v) is 5.15. The molecule has 1 rings (SSSR count). The van der Waals surface area contributed by atoms with Gasteiger partial charge in [0.15, 0.2) is 0 Å². The molecule has 0 fully saturated rings. The van der Waals surface area contributed by atoms with Crippen LogP contribution in [0.25, 0.3) is 0 Å². The van der Waals surface area contributed by atoms with Crippen molar-refractivity contribution in [1.82, 2.24) is 0 Å². The third-order valence-corrected chi connectivity index (χ3v) is 2.59. The van der Waals surface area contributed by atoms with Crippen molar-refractivity contribution in [3.8, 4) is 6.07 Å². The van der Waals surface area contributed by atoms with Crippen LogP contribution in [-0.2, 0) is 6.42 Å². The topological polar surface area (TPSA) is 23.8 Å². The fourth-order valence-electron chi connectivity index (χ4n) is 1.30. The molecule has 1 aromatic rings. The molecule has 0 aliphatic rings. The van der Waals surface area contributed by atoms with Gasteiger partial charge in [0.2, 0.25) is 0 Å². The predicted octanol–water partition coefficient (Wildman–Crippen LogP) is 3.68. The monoisotopic (exact) mass is 207 g/mol. The summed E-state index contributed by atoms with van der Waals surface area (Å²) >= 11 is 5.78. The number of benzene rings is 1. The van der Waals surface area contributed by atoms with E-state index in [0.717, 1.165) is 11.4 Å². The van der Waals surface area contributed by atoms with E-state index in [-0.39, 0.29) is 5.92 Å². The van der Waals surface area contributed by atoms with E-state index in [1.165, 1.54) is 5.56 Å². The lowest BCUT2D eigenvalue weighted by molar-refractivity contribution is 0.474. The van der Waals surface area contributed by atoms with E-state index >= 15 is 0 Å². The van der Waals surface area contributed by atoms with Gasteiger partial charge in [0.25, 0.3) is 0 Å². The Morgan fingerprint density at radius 3 is 2.29 bits per heavy atom. The molecule has 0 heterocycles. The van der Waals surface area contributed by atoms with Gasteiger partial charge in [-0.05, 0) is 30.0 Å². The number of rotatable bonds is 3. The summed E-state index contributed by atoms with van der Waals surface area (Å²) in [5, 5.41) is 9.68. The highest BCUT2D eigenvalue weighted by molar-refractivity contribution is 6.30. The number of nitriles is 1. The van der Waals surface area contributed by atoms with Crippen molar-refractivity contribution in [3.05, 3.63) is 34.9 Å². The van der Waals surface area contributed by atoms with E-state index < -0.39 is 0 Å². The second-order valence-corrected chi connectivity index (χ2v) is 4.25. The maximum Gasteiger partial charge on any atom is 0.0661 e. The van der Waals surface area contributed by atoms with Crippen molar-refractivity contribution < 1.29 is 0 Å². The van der Waals surface area contributed by atoms with Gasteiger partial charge in [-0.1, -0.05) is 37.6 Å². The molecule has 0 aromatic heterocycles. The van der Waals surface area contributed by atoms with Gasteiger partial charge in [-0.25, -0.2) is 0 Å². The number of halogens is 1. The molecule has 2 heteroatoms. The van der Waals surface area contributed by atoms with Crippen molar-refractivity contribution in [2.75, 3.05) is 0 Å². The van der Waals surface area contributed by atoms with E-state index in [4.69, 9.17) is 16.9 Å². The first kappa shape index (κ1) is 11.1. The lowest BCUT2D eigenvalue weighted by Crippen LogP contribution is -2.09. The van der Waals surface area contributed by atoms with Gasteiger partial charge in [0, 0.05) is 5.02 Å². The molecule has 0 N–H and O–H groups in total. The Morgan fingerprint density at radius 2 is 1.86 bits per heavy atom. The quantitative estimate of drug-likeness (QED) is 0.742. The predicted molar refractivity (Wildman–Crippen MR) is 59.1 cm³/mol. The van der Waals surface area contributed by atoms with Crippen LogP contribution in [-0.4, -0.2) is 0 Å². The van der Waals surface area contributed by atoms with Crippen molar-refractivity contribution >= 4 is 11.6 Å². The number of hydrogen-bond donors (Lipinski definition) is 0. The molecule has 0 saturated heterocycles. The maximum absolute atomic E-state index is 8.94. The molecule has 14 heavy (non-hydrogen) atoms. The SMILES string of the molecule is CC(C)C(C#N)Cc1ccc(Cl)cc1. The van der Waals surface area contributed by atoms with Gasteiger partial charge in [-0.15, -0.1) is 0 Å². The normalized spacial score (nSPS) is 12.5. The van der Waals surface area contributed by atoms with Crippen LogP contribution in [0, 0.1) is 23.2 Å². The minimum atomic E-state index is 0.0937. The molecular weight excluding hydrogens is 194 g/mol. The Balaban J connectivity index is 2.69. The molecule has 0 amide bonds. The van der Waals surface area contributed by atoms with Crippen LogP contribution in [0.2, 0.25) is 5.02 Å². The Labute approximate surface area is 90.3 Å². The van der Waals surface area contributed by atoms with Crippen LogP contribution < -0.4 is 0 Å². The highest BCUT2D eigenvalue weighted by Crippen LogP contribution is 2.18. The zero-order valence-corrected chi connectivity index (χ0v) is 9.25. The van der Waals surface area contributed by atoms with E-state index in [1.54, 1.807) is 0 Å². The number of nitrogens with zero attached hydrogens (tertiary/aromatic N) is 1. The fourth-order valence-corrected chi connectivity index (χ4v) is 1.43. The van der Waals surface area contributed by atoms with Crippen LogP contribution in [0.4, 0.5) is 0 Å². The van der Waals surface area contributed by atoms with Gasteiger partial charge < -0.3 is 0 Å². The largest absolute Gasteiger partial charge is 0.198 e. The Morgan fingerprint density at radius 1 is 1.29 bits per heavy atom.